The van der Waals surface area contributed by atoms with Crippen LogP contribution in [0.1, 0.15) is 22.4 Å². The first-order valence-electron chi connectivity index (χ1n) is 4.54. The number of nitrogens with two attached hydrogens (primary N) is 1. The van der Waals surface area contributed by atoms with Gasteiger partial charge in [0, 0.05) is 23.1 Å². The van der Waals surface area contributed by atoms with E-state index in [1.54, 1.807) is 6.20 Å². The molecule has 2 aromatic heterocycles. The van der Waals surface area contributed by atoms with Crippen molar-refractivity contribution in [3.63, 3.8) is 0 Å². The summed E-state index contributed by atoms with van der Waals surface area (Å²) in [5, 5.41) is 19.1. The summed E-state index contributed by atoms with van der Waals surface area (Å²) in [7, 11) is 0. The normalized spacial score (nSPS) is 12.9. The Morgan fingerprint density at radius 1 is 1.67 bits per heavy atom. The molecule has 0 aliphatic rings. The van der Waals surface area contributed by atoms with Gasteiger partial charge in [-0.15, -0.1) is 11.3 Å². The SMILES string of the molecule is Cc1csc(CC(O)c2cn[nH]c2N)n1. The van der Waals surface area contributed by atoms with Gasteiger partial charge in [0.15, 0.2) is 0 Å². The lowest BCUT2D eigenvalue weighted by Crippen LogP contribution is -2.03. The zero-order valence-corrected chi connectivity index (χ0v) is 9.08. The minimum absolute atomic E-state index is 0.413. The molecule has 0 aromatic carbocycles. The first kappa shape index (κ1) is 10.1. The lowest BCUT2D eigenvalue weighted by Gasteiger charge is -2.06. The van der Waals surface area contributed by atoms with E-state index in [1.807, 2.05) is 12.3 Å². The summed E-state index contributed by atoms with van der Waals surface area (Å²) in [6, 6.07) is 0. The first-order valence-corrected chi connectivity index (χ1v) is 5.42. The molecule has 2 aromatic rings. The second kappa shape index (κ2) is 4.00. The third kappa shape index (κ3) is 2.16. The summed E-state index contributed by atoms with van der Waals surface area (Å²) < 4.78 is 0. The van der Waals surface area contributed by atoms with Crippen molar-refractivity contribution in [1.82, 2.24) is 15.2 Å². The molecule has 1 atom stereocenters. The van der Waals surface area contributed by atoms with Gasteiger partial charge in [-0.25, -0.2) is 4.98 Å². The number of hydrogen-bond acceptors (Lipinski definition) is 5. The number of thiazole rings is 1. The van der Waals surface area contributed by atoms with Crippen LogP contribution in [0.25, 0.3) is 0 Å². The molecule has 0 amide bonds. The molecule has 2 rings (SSSR count). The van der Waals surface area contributed by atoms with E-state index < -0.39 is 6.10 Å². The van der Waals surface area contributed by atoms with Crippen LogP contribution in [0, 0.1) is 6.92 Å². The Kier molecular flexibility index (Phi) is 2.70. The van der Waals surface area contributed by atoms with Gasteiger partial charge in [0.2, 0.25) is 0 Å². The standard InChI is InChI=1S/C9H12N4OS/c1-5-4-15-8(12-5)2-7(14)6-3-11-13-9(6)10/h3-4,7,14H,2H2,1H3,(H3,10,11,13). The zero-order valence-electron chi connectivity index (χ0n) is 8.27. The fourth-order valence-corrected chi connectivity index (χ4v) is 2.15. The van der Waals surface area contributed by atoms with Gasteiger partial charge in [-0.05, 0) is 6.92 Å². The quantitative estimate of drug-likeness (QED) is 0.726. The van der Waals surface area contributed by atoms with Crippen molar-refractivity contribution in [2.45, 2.75) is 19.4 Å². The Balaban J connectivity index is 2.10. The number of nitrogens with zero attached hydrogens (tertiary/aromatic N) is 2. The average Bonchev–Trinajstić information content (AvgIpc) is 2.75. The maximum Gasteiger partial charge on any atom is 0.124 e. The molecule has 0 fully saturated rings. The van der Waals surface area contributed by atoms with Crippen LogP contribution >= 0.6 is 11.3 Å². The Hall–Kier alpha value is -1.40. The smallest absolute Gasteiger partial charge is 0.124 e. The number of aliphatic hydroxyl groups excluding tert-OH is 1. The second-order valence-electron chi connectivity index (χ2n) is 3.34. The fourth-order valence-electron chi connectivity index (χ4n) is 1.34. The van der Waals surface area contributed by atoms with Gasteiger partial charge < -0.3 is 10.8 Å². The van der Waals surface area contributed by atoms with Crippen LogP contribution < -0.4 is 5.73 Å². The van der Waals surface area contributed by atoms with Crippen molar-refractivity contribution in [3.8, 4) is 0 Å². The Labute approximate surface area is 91.0 Å². The highest BCUT2D eigenvalue weighted by atomic mass is 32.1. The van der Waals surface area contributed by atoms with Crippen LogP contribution in [-0.4, -0.2) is 20.3 Å². The number of aryl methyl sites for hydroxylation is 1. The molecule has 0 radical (unpaired) electrons. The van der Waals surface area contributed by atoms with Gasteiger partial charge in [0.05, 0.1) is 17.3 Å². The first-order chi connectivity index (χ1) is 7.16. The molecule has 0 saturated heterocycles. The van der Waals surface area contributed by atoms with Crippen LogP contribution in [-0.2, 0) is 6.42 Å². The third-order valence-electron chi connectivity index (χ3n) is 2.09. The zero-order chi connectivity index (χ0) is 10.8. The minimum atomic E-state index is -0.644. The van der Waals surface area contributed by atoms with Crippen molar-refractivity contribution in [2.75, 3.05) is 5.73 Å². The van der Waals surface area contributed by atoms with Crippen molar-refractivity contribution < 1.29 is 5.11 Å². The molecule has 0 spiro atoms. The monoisotopic (exact) mass is 224 g/mol. The molecule has 5 nitrogen and oxygen atoms in total. The van der Waals surface area contributed by atoms with Gasteiger partial charge in [-0.3, -0.25) is 5.10 Å². The highest BCUT2D eigenvalue weighted by molar-refractivity contribution is 7.09. The van der Waals surface area contributed by atoms with Crippen molar-refractivity contribution in [3.05, 3.63) is 27.8 Å². The maximum atomic E-state index is 9.88. The maximum absolute atomic E-state index is 9.88. The van der Waals surface area contributed by atoms with E-state index in [4.69, 9.17) is 5.73 Å². The van der Waals surface area contributed by atoms with E-state index in [-0.39, 0.29) is 0 Å². The molecule has 6 heteroatoms. The topological polar surface area (TPSA) is 87.8 Å². The van der Waals surface area contributed by atoms with E-state index in [0.29, 0.717) is 17.8 Å². The van der Waals surface area contributed by atoms with Crippen LogP contribution in [0.2, 0.25) is 0 Å². The van der Waals surface area contributed by atoms with Gasteiger partial charge in [0.1, 0.15) is 5.82 Å². The van der Waals surface area contributed by atoms with Crippen LogP contribution in [0.3, 0.4) is 0 Å². The van der Waals surface area contributed by atoms with E-state index in [0.717, 1.165) is 10.7 Å². The van der Waals surface area contributed by atoms with E-state index >= 15 is 0 Å². The minimum Gasteiger partial charge on any atom is -0.388 e. The largest absolute Gasteiger partial charge is 0.388 e. The number of nitrogens with one attached hydrogen (secondary N) is 1. The molecule has 4 N–H and O–H groups in total. The Morgan fingerprint density at radius 2 is 2.47 bits per heavy atom. The summed E-state index contributed by atoms with van der Waals surface area (Å²) >= 11 is 1.54. The number of anilines is 1. The number of nitrogen functional groups attached to an aromatic ring is 1. The van der Waals surface area contributed by atoms with Gasteiger partial charge in [-0.2, -0.15) is 5.10 Å². The molecule has 0 aliphatic carbocycles. The number of hydrogen-bond donors (Lipinski definition) is 3. The molecule has 15 heavy (non-hydrogen) atoms. The molecule has 0 bridgehead atoms. The number of rotatable bonds is 3. The summed E-state index contributed by atoms with van der Waals surface area (Å²) in [4.78, 5) is 4.28. The lowest BCUT2D eigenvalue weighted by atomic mass is 10.1. The summed E-state index contributed by atoms with van der Waals surface area (Å²) in [6.07, 6.45) is 1.37. The number of aromatic amines is 1. The van der Waals surface area contributed by atoms with Gasteiger partial charge in [0.25, 0.3) is 0 Å². The number of aromatic nitrogens is 3. The summed E-state index contributed by atoms with van der Waals surface area (Å²) in [5.41, 5.74) is 7.21. The number of H-pyrrole nitrogens is 1. The van der Waals surface area contributed by atoms with Crippen LogP contribution in [0.4, 0.5) is 5.82 Å². The molecule has 80 valence electrons. The van der Waals surface area contributed by atoms with Crippen molar-refractivity contribution in [2.24, 2.45) is 0 Å². The molecular weight excluding hydrogens is 212 g/mol. The van der Waals surface area contributed by atoms with E-state index in [1.165, 1.54) is 11.3 Å². The van der Waals surface area contributed by atoms with Crippen molar-refractivity contribution in [1.29, 1.82) is 0 Å². The molecule has 2 heterocycles. The number of aliphatic hydroxyl groups is 1. The molecule has 0 saturated carbocycles. The van der Waals surface area contributed by atoms with Gasteiger partial charge >= 0.3 is 0 Å². The lowest BCUT2D eigenvalue weighted by molar-refractivity contribution is 0.179. The highest BCUT2D eigenvalue weighted by Crippen LogP contribution is 2.23. The highest BCUT2D eigenvalue weighted by Gasteiger charge is 2.14. The average molecular weight is 224 g/mol. The van der Waals surface area contributed by atoms with E-state index in [9.17, 15) is 5.11 Å². The second-order valence-corrected chi connectivity index (χ2v) is 4.28. The Morgan fingerprint density at radius 3 is 3.00 bits per heavy atom. The van der Waals surface area contributed by atoms with Crippen molar-refractivity contribution >= 4 is 17.2 Å². The predicted octanol–water partition coefficient (Wildman–Crippen LogP) is 1.03. The molecule has 1 unspecified atom stereocenters. The molecular formula is C9H12N4OS. The molecule has 0 aliphatic heterocycles. The third-order valence-corrected chi connectivity index (χ3v) is 3.08. The van der Waals surface area contributed by atoms with Gasteiger partial charge in [-0.1, -0.05) is 0 Å². The summed E-state index contributed by atoms with van der Waals surface area (Å²) in [6.45, 7) is 1.93. The Bertz CT molecular complexity index is 450. The van der Waals surface area contributed by atoms with E-state index in [2.05, 4.69) is 15.2 Å². The van der Waals surface area contributed by atoms with Crippen LogP contribution in [0.15, 0.2) is 11.6 Å². The predicted molar refractivity (Wildman–Crippen MR) is 58.5 cm³/mol. The fraction of sp³-hybridized carbons (Fsp3) is 0.333. The van der Waals surface area contributed by atoms with Crippen LogP contribution in [0.5, 0.6) is 0 Å². The summed E-state index contributed by atoms with van der Waals surface area (Å²) in [5.74, 6) is 0.413.